The maximum Gasteiger partial charge on any atom is 0.0618 e. The average Bonchev–Trinajstić information content (AvgIpc) is 2.66. The summed E-state index contributed by atoms with van der Waals surface area (Å²) in [6.45, 7) is 2.85. The molecule has 0 aliphatic carbocycles. The number of hydrogen-bond acceptors (Lipinski definition) is 1. The highest BCUT2D eigenvalue weighted by atomic mass is 35.5. The molecule has 1 heterocycles. The highest BCUT2D eigenvalue weighted by Crippen LogP contribution is 2.40. The van der Waals surface area contributed by atoms with Gasteiger partial charge in [-0.05, 0) is 43.5 Å². The molecule has 1 aliphatic rings. The molecule has 1 aromatic carbocycles. The summed E-state index contributed by atoms with van der Waals surface area (Å²) in [6, 6.07) is 5.56. The van der Waals surface area contributed by atoms with Crippen LogP contribution in [0.5, 0.6) is 0 Å². The predicted octanol–water partition coefficient (Wildman–Crippen LogP) is 4.57. The first-order valence-electron chi connectivity index (χ1n) is 5.69. The van der Waals surface area contributed by atoms with Crippen LogP contribution in [0.3, 0.4) is 0 Å². The molecule has 0 spiro atoms. The summed E-state index contributed by atoms with van der Waals surface area (Å²) in [5, 5.41) is 1.46. The van der Waals surface area contributed by atoms with Crippen molar-refractivity contribution in [2.45, 2.75) is 25.9 Å². The topological polar surface area (TPSA) is 9.23 Å². The van der Waals surface area contributed by atoms with E-state index in [0.29, 0.717) is 10.9 Å². The van der Waals surface area contributed by atoms with E-state index in [4.69, 9.17) is 39.5 Å². The van der Waals surface area contributed by atoms with Crippen molar-refractivity contribution in [1.82, 2.24) is 0 Å². The van der Waals surface area contributed by atoms with Gasteiger partial charge in [0.05, 0.1) is 6.10 Å². The zero-order valence-electron chi connectivity index (χ0n) is 9.68. The zero-order chi connectivity index (χ0) is 12.5. The Kier molecular flexibility index (Phi) is 4.25. The van der Waals surface area contributed by atoms with Gasteiger partial charge in [0.2, 0.25) is 0 Å². The monoisotopic (exact) mass is 292 g/mol. The van der Waals surface area contributed by atoms with Crippen molar-refractivity contribution in [3.05, 3.63) is 33.8 Å². The van der Waals surface area contributed by atoms with Gasteiger partial charge in [-0.3, -0.25) is 0 Å². The Bertz CT molecular complexity index is 408. The first-order valence-corrected chi connectivity index (χ1v) is 6.98. The van der Waals surface area contributed by atoms with E-state index in [9.17, 15) is 0 Å². The molecular weight excluding hydrogens is 279 g/mol. The standard InChI is InChI=1S/C13H15Cl3O/c1-9-13(8-14,4-5-17-9)7-10-6-11(15)2-3-12(10)16/h2-3,6,9H,4-5,7-8H2,1H3. The molecule has 0 amide bonds. The lowest BCUT2D eigenvalue weighted by Gasteiger charge is -2.30. The Morgan fingerprint density at radius 1 is 1.41 bits per heavy atom. The van der Waals surface area contributed by atoms with Crippen LogP contribution in [0.4, 0.5) is 0 Å². The summed E-state index contributed by atoms with van der Waals surface area (Å²) in [4.78, 5) is 0. The molecule has 1 fully saturated rings. The van der Waals surface area contributed by atoms with Gasteiger partial charge in [0, 0.05) is 27.9 Å². The van der Waals surface area contributed by atoms with E-state index in [1.54, 1.807) is 6.07 Å². The molecule has 1 aliphatic heterocycles. The summed E-state index contributed by atoms with van der Waals surface area (Å²) in [6.07, 6.45) is 1.95. The van der Waals surface area contributed by atoms with Gasteiger partial charge in [0.15, 0.2) is 0 Å². The van der Waals surface area contributed by atoms with Crippen LogP contribution in [0, 0.1) is 5.41 Å². The van der Waals surface area contributed by atoms with Gasteiger partial charge in [-0.25, -0.2) is 0 Å². The summed E-state index contributed by atoms with van der Waals surface area (Å²) in [5.74, 6) is 0.580. The molecule has 4 heteroatoms. The highest BCUT2D eigenvalue weighted by molar-refractivity contribution is 6.33. The zero-order valence-corrected chi connectivity index (χ0v) is 11.9. The van der Waals surface area contributed by atoms with E-state index in [2.05, 4.69) is 6.92 Å². The molecule has 0 aromatic heterocycles. The van der Waals surface area contributed by atoms with Crippen LogP contribution in [-0.2, 0) is 11.2 Å². The third-order valence-electron chi connectivity index (χ3n) is 3.65. The van der Waals surface area contributed by atoms with Gasteiger partial charge in [0.1, 0.15) is 0 Å². The molecular formula is C13H15Cl3O. The second-order valence-electron chi connectivity index (χ2n) is 4.67. The van der Waals surface area contributed by atoms with Crippen LogP contribution in [0.15, 0.2) is 18.2 Å². The number of hydrogen-bond donors (Lipinski definition) is 0. The van der Waals surface area contributed by atoms with Crippen molar-refractivity contribution in [3.8, 4) is 0 Å². The minimum absolute atomic E-state index is 0.0180. The van der Waals surface area contributed by atoms with Crippen molar-refractivity contribution in [2.75, 3.05) is 12.5 Å². The molecule has 1 aromatic rings. The molecule has 1 nitrogen and oxygen atoms in total. The summed E-state index contributed by atoms with van der Waals surface area (Å²) in [7, 11) is 0. The van der Waals surface area contributed by atoms with Crippen molar-refractivity contribution in [2.24, 2.45) is 5.41 Å². The summed E-state index contributed by atoms with van der Waals surface area (Å²) in [5.41, 5.74) is 1.03. The third kappa shape index (κ3) is 2.73. The van der Waals surface area contributed by atoms with Crippen molar-refractivity contribution >= 4 is 34.8 Å². The van der Waals surface area contributed by atoms with Crippen LogP contribution < -0.4 is 0 Å². The van der Waals surface area contributed by atoms with Crippen LogP contribution >= 0.6 is 34.8 Å². The Hall–Kier alpha value is 0.0500. The fraction of sp³-hybridized carbons (Fsp3) is 0.538. The van der Waals surface area contributed by atoms with Crippen LogP contribution in [-0.4, -0.2) is 18.6 Å². The van der Waals surface area contributed by atoms with Crippen molar-refractivity contribution in [1.29, 1.82) is 0 Å². The minimum atomic E-state index is -0.0180. The summed E-state index contributed by atoms with van der Waals surface area (Å²) >= 11 is 18.3. The largest absolute Gasteiger partial charge is 0.378 e. The molecule has 94 valence electrons. The molecule has 0 N–H and O–H groups in total. The van der Waals surface area contributed by atoms with Gasteiger partial charge in [-0.2, -0.15) is 0 Å². The normalized spacial score (nSPS) is 28.6. The van der Waals surface area contributed by atoms with E-state index >= 15 is 0 Å². The second-order valence-corrected chi connectivity index (χ2v) is 5.78. The number of benzene rings is 1. The molecule has 0 radical (unpaired) electrons. The molecule has 0 bridgehead atoms. The first kappa shape index (κ1) is 13.5. The van der Waals surface area contributed by atoms with Crippen LogP contribution in [0.25, 0.3) is 0 Å². The van der Waals surface area contributed by atoms with E-state index < -0.39 is 0 Å². The highest BCUT2D eigenvalue weighted by Gasteiger charge is 2.41. The fourth-order valence-electron chi connectivity index (χ4n) is 2.33. The average molecular weight is 294 g/mol. The van der Waals surface area contributed by atoms with Crippen LogP contribution in [0.1, 0.15) is 18.9 Å². The van der Waals surface area contributed by atoms with Crippen molar-refractivity contribution < 1.29 is 4.74 Å². The molecule has 17 heavy (non-hydrogen) atoms. The first-order chi connectivity index (χ1) is 8.07. The maximum absolute atomic E-state index is 6.20. The Morgan fingerprint density at radius 3 is 2.76 bits per heavy atom. The lowest BCUT2D eigenvalue weighted by Crippen LogP contribution is -2.33. The van der Waals surface area contributed by atoms with Gasteiger partial charge in [0.25, 0.3) is 0 Å². The molecule has 2 rings (SSSR count). The summed E-state index contributed by atoms with van der Waals surface area (Å²) < 4.78 is 5.64. The molecule has 2 unspecified atom stereocenters. The maximum atomic E-state index is 6.20. The van der Waals surface area contributed by atoms with E-state index in [0.717, 1.165) is 30.0 Å². The lowest BCUT2D eigenvalue weighted by molar-refractivity contribution is 0.0736. The smallest absolute Gasteiger partial charge is 0.0618 e. The van der Waals surface area contributed by atoms with Gasteiger partial charge < -0.3 is 4.74 Å². The van der Waals surface area contributed by atoms with Crippen LogP contribution in [0.2, 0.25) is 10.0 Å². The lowest BCUT2D eigenvalue weighted by atomic mass is 9.78. The SMILES string of the molecule is CC1OCCC1(CCl)Cc1cc(Cl)ccc1Cl. The Balaban J connectivity index is 2.27. The third-order valence-corrected chi connectivity index (χ3v) is 4.78. The quantitative estimate of drug-likeness (QED) is 0.742. The molecule has 1 saturated heterocycles. The van der Waals surface area contributed by atoms with Gasteiger partial charge >= 0.3 is 0 Å². The second kappa shape index (κ2) is 5.36. The van der Waals surface area contributed by atoms with Gasteiger partial charge in [-0.15, -0.1) is 11.6 Å². The Labute approximate surface area is 117 Å². The number of halogens is 3. The van der Waals surface area contributed by atoms with Gasteiger partial charge in [-0.1, -0.05) is 23.2 Å². The van der Waals surface area contributed by atoms with E-state index in [-0.39, 0.29) is 11.5 Å². The number of rotatable bonds is 3. The molecule has 0 saturated carbocycles. The number of ether oxygens (including phenoxy) is 1. The fourth-order valence-corrected chi connectivity index (χ4v) is 3.16. The minimum Gasteiger partial charge on any atom is -0.378 e. The van der Waals surface area contributed by atoms with E-state index in [1.165, 1.54) is 0 Å². The number of alkyl halides is 1. The Morgan fingerprint density at radius 2 is 2.18 bits per heavy atom. The predicted molar refractivity (Wildman–Crippen MR) is 73.4 cm³/mol. The van der Waals surface area contributed by atoms with Crippen molar-refractivity contribution in [3.63, 3.8) is 0 Å². The molecule has 2 atom stereocenters. The van der Waals surface area contributed by atoms with E-state index in [1.807, 2.05) is 12.1 Å².